The smallest absolute Gasteiger partial charge is 0.249 e. The molecule has 0 radical (unpaired) electrons. The number of carbonyl (C=O) groups is 1. The number of ether oxygens (including phenoxy) is 1. The van der Waals surface area contributed by atoms with Crippen LogP contribution >= 0.6 is 0 Å². The van der Waals surface area contributed by atoms with E-state index in [1.54, 1.807) is 0 Å². The largest absolute Gasteiger partial charge is 0.361 e. The fourth-order valence-corrected chi connectivity index (χ4v) is 2.75. The van der Waals surface area contributed by atoms with Crippen LogP contribution in [0.25, 0.3) is 0 Å². The quantitative estimate of drug-likeness (QED) is 0.746. The molecule has 0 aliphatic heterocycles. The van der Waals surface area contributed by atoms with E-state index in [2.05, 4.69) is 19.2 Å². The average molecular weight is 270 g/mol. The van der Waals surface area contributed by atoms with Crippen molar-refractivity contribution in [2.24, 2.45) is 5.73 Å². The fraction of sp³-hybridized carbons (Fsp3) is 0.933. The molecule has 1 saturated carbocycles. The lowest BCUT2D eigenvalue weighted by Gasteiger charge is -2.34. The summed E-state index contributed by atoms with van der Waals surface area (Å²) in [6, 6.07) is 0.336. The predicted octanol–water partition coefficient (Wildman–Crippen LogP) is 2.36. The molecule has 3 N–H and O–H groups in total. The van der Waals surface area contributed by atoms with Crippen LogP contribution in [0.5, 0.6) is 0 Å². The van der Waals surface area contributed by atoms with E-state index in [0.29, 0.717) is 12.6 Å². The van der Waals surface area contributed by atoms with Gasteiger partial charge in [0, 0.05) is 12.6 Å². The van der Waals surface area contributed by atoms with Gasteiger partial charge in [0.25, 0.3) is 0 Å². The summed E-state index contributed by atoms with van der Waals surface area (Å²) in [7, 11) is 0. The maximum atomic E-state index is 12.2. The van der Waals surface area contributed by atoms with Crippen molar-refractivity contribution in [3.63, 3.8) is 0 Å². The summed E-state index contributed by atoms with van der Waals surface area (Å²) in [5, 5.41) is 3.11. The molecular weight excluding hydrogens is 240 g/mol. The highest BCUT2D eigenvalue weighted by atomic mass is 16.5. The van der Waals surface area contributed by atoms with Crippen molar-refractivity contribution in [1.82, 2.24) is 5.32 Å². The van der Waals surface area contributed by atoms with E-state index >= 15 is 0 Å². The van der Waals surface area contributed by atoms with Crippen LogP contribution < -0.4 is 11.1 Å². The van der Waals surface area contributed by atoms with Crippen LogP contribution in [-0.2, 0) is 9.53 Å². The van der Waals surface area contributed by atoms with Crippen LogP contribution in [0.4, 0.5) is 0 Å². The first-order valence-electron chi connectivity index (χ1n) is 7.75. The molecule has 112 valence electrons. The normalized spacial score (nSPS) is 19.2. The van der Waals surface area contributed by atoms with E-state index < -0.39 is 6.10 Å². The van der Waals surface area contributed by atoms with Crippen LogP contribution in [0.2, 0.25) is 0 Å². The van der Waals surface area contributed by atoms with Gasteiger partial charge in [-0.15, -0.1) is 0 Å². The first kappa shape index (κ1) is 16.4. The van der Waals surface area contributed by atoms with Crippen molar-refractivity contribution in [3.8, 4) is 0 Å². The van der Waals surface area contributed by atoms with Gasteiger partial charge < -0.3 is 15.8 Å². The number of nitrogens with two attached hydrogens (primary N) is 1. The molecule has 1 amide bonds. The number of hydrogen-bond acceptors (Lipinski definition) is 3. The molecular formula is C15H30N2O2. The summed E-state index contributed by atoms with van der Waals surface area (Å²) in [4.78, 5) is 12.2. The highest BCUT2D eigenvalue weighted by Gasteiger charge is 2.30. The fourth-order valence-electron chi connectivity index (χ4n) is 2.75. The van der Waals surface area contributed by atoms with Crippen molar-refractivity contribution < 1.29 is 9.53 Å². The van der Waals surface area contributed by atoms with Gasteiger partial charge in [0.05, 0.1) is 5.60 Å². The first-order valence-corrected chi connectivity index (χ1v) is 7.75. The Morgan fingerprint density at radius 2 is 1.89 bits per heavy atom. The number of hydrogen-bond donors (Lipinski definition) is 2. The SMILES string of the molecule is CCC(CC)(CN)OC(C)C(=O)NC1CCCCC1. The second-order valence-electron chi connectivity index (χ2n) is 5.70. The lowest BCUT2D eigenvalue weighted by molar-refractivity contribution is -0.146. The monoisotopic (exact) mass is 270 g/mol. The highest BCUT2D eigenvalue weighted by molar-refractivity contribution is 5.80. The van der Waals surface area contributed by atoms with Gasteiger partial charge >= 0.3 is 0 Å². The summed E-state index contributed by atoms with van der Waals surface area (Å²) >= 11 is 0. The van der Waals surface area contributed by atoms with Gasteiger partial charge in [-0.1, -0.05) is 33.1 Å². The molecule has 0 aromatic rings. The van der Waals surface area contributed by atoms with Crippen molar-refractivity contribution in [3.05, 3.63) is 0 Å². The second kappa shape index (κ2) is 7.85. The summed E-state index contributed by atoms with van der Waals surface area (Å²) in [6.07, 6.45) is 7.17. The van der Waals surface area contributed by atoms with Crippen molar-refractivity contribution in [2.45, 2.75) is 83.5 Å². The van der Waals surface area contributed by atoms with Crippen molar-refractivity contribution in [1.29, 1.82) is 0 Å². The molecule has 0 heterocycles. The Morgan fingerprint density at radius 1 is 1.32 bits per heavy atom. The van der Waals surface area contributed by atoms with Gasteiger partial charge in [0.2, 0.25) is 5.91 Å². The minimum Gasteiger partial charge on any atom is -0.361 e. The van der Waals surface area contributed by atoms with Gasteiger partial charge in [0.15, 0.2) is 0 Å². The third-order valence-electron chi connectivity index (χ3n) is 4.41. The summed E-state index contributed by atoms with van der Waals surface area (Å²) in [5.74, 6) is 0.00613. The number of carbonyl (C=O) groups excluding carboxylic acids is 1. The van der Waals surface area contributed by atoms with Crippen molar-refractivity contribution in [2.75, 3.05) is 6.54 Å². The predicted molar refractivity (Wildman–Crippen MR) is 77.9 cm³/mol. The zero-order chi connectivity index (χ0) is 14.3. The lowest BCUT2D eigenvalue weighted by Crippen LogP contribution is -2.48. The minimum absolute atomic E-state index is 0.00613. The Bertz CT molecular complexity index is 263. The molecule has 1 atom stereocenters. The Kier molecular flexibility index (Phi) is 6.80. The van der Waals surface area contributed by atoms with Crippen LogP contribution in [-0.4, -0.2) is 30.2 Å². The third kappa shape index (κ3) is 4.77. The molecule has 0 saturated heterocycles. The Balaban J connectivity index is 2.46. The molecule has 0 bridgehead atoms. The number of rotatable bonds is 7. The third-order valence-corrected chi connectivity index (χ3v) is 4.41. The summed E-state index contributed by atoms with van der Waals surface area (Å²) in [5.41, 5.74) is 5.45. The molecule has 19 heavy (non-hydrogen) atoms. The van der Waals surface area contributed by atoms with E-state index in [-0.39, 0.29) is 11.5 Å². The van der Waals surface area contributed by atoms with Crippen LogP contribution in [0.15, 0.2) is 0 Å². The molecule has 1 unspecified atom stereocenters. The van der Waals surface area contributed by atoms with Crippen LogP contribution in [0.3, 0.4) is 0 Å². The summed E-state index contributed by atoms with van der Waals surface area (Å²) in [6.45, 7) is 6.40. The van der Waals surface area contributed by atoms with Crippen molar-refractivity contribution >= 4 is 5.91 Å². The zero-order valence-electron chi connectivity index (χ0n) is 12.7. The van der Waals surface area contributed by atoms with E-state index in [4.69, 9.17) is 10.5 Å². The molecule has 1 rings (SSSR count). The van der Waals surface area contributed by atoms with E-state index in [1.165, 1.54) is 19.3 Å². The Hall–Kier alpha value is -0.610. The maximum Gasteiger partial charge on any atom is 0.249 e. The zero-order valence-corrected chi connectivity index (χ0v) is 12.7. The topological polar surface area (TPSA) is 64.3 Å². The molecule has 1 aliphatic carbocycles. The average Bonchev–Trinajstić information content (AvgIpc) is 2.45. The second-order valence-corrected chi connectivity index (χ2v) is 5.70. The standard InChI is InChI=1S/C15H30N2O2/c1-4-15(5-2,11-16)19-12(3)14(18)17-13-9-7-6-8-10-13/h12-13H,4-11,16H2,1-3H3,(H,17,18). The van der Waals surface area contributed by atoms with E-state index in [9.17, 15) is 4.79 Å². The summed E-state index contributed by atoms with van der Waals surface area (Å²) < 4.78 is 5.95. The lowest BCUT2D eigenvalue weighted by atomic mass is 9.95. The Morgan fingerprint density at radius 3 is 2.37 bits per heavy atom. The Labute approximate surface area is 117 Å². The van der Waals surface area contributed by atoms with Crippen LogP contribution in [0, 0.1) is 0 Å². The molecule has 1 aliphatic rings. The van der Waals surface area contributed by atoms with Gasteiger partial charge in [-0.3, -0.25) is 4.79 Å². The molecule has 4 heteroatoms. The number of nitrogens with one attached hydrogen (secondary N) is 1. The maximum absolute atomic E-state index is 12.2. The molecule has 0 aromatic carbocycles. The van der Waals surface area contributed by atoms with Gasteiger partial charge in [-0.2, -0.15) is 0 Å². The van der Waals surface area contributed by atoms with Gasteiger partial charge in [0.1, 0.15) is 6.10 Å². The molecule has 4 nitrogen and oxygen atoms in total. The van der Waals surface area contributed by atoms with E-state index in [0.717, 1.165) is 25.7 Å². The van der Waals surface area contributed by atoms with Gasteiger partial charge in [-0.25, -0.2) is 0 Å². The minimum atomic E-state index is -0.426. The first-order chi connectivity index (χ1) is 9.06. The highest BCUT2D eigenvalue weighted by Crippen LogP contribution is 2.22. The van der Waals surface area contributed by atoms with Crippen LogP contribution in [0.1, 0.15) is 65.7 Å². The molecule has 0 spiro atoms. The molecule has 0 aromatic heterocycles. The molecule has 1 fully saturated rings. The van der Waals surface area contributed by atoms with Gasteiger partial charge in [-0.05, 0) is 32.6 Å². The number of amides is 1. The van der Waals surface area contributed by atoms with E-state index in [1.807, 2.05) is 6.92 Å².